The Morgan fingerprint density at radius 3 is 2.65 bits per heavy atom. The van der Waals surface area contributed by atoms with Gasteiger partial charge in [-0.25, -0.2) is 4.98 Å². The van der Waals surface area contributed by atoms with Crippen LogP contribution in [0.1, 0.15) is 0 Å². The van der Waals surface area contributed by atoms with Gasteiger partial charge in [0.1, 0.15) is 5.75 Å². The Balaban J connectivity index is 2.22. The van der Waals surface area contributed by atoms with Gasteiger partial charge in [0, 0.05) is 23.0 Å². The number of benzene rings is 1. The lowest BCUT2D eigenvalue weighted by Crippen LogP contribution is -1.89. The minimum atomic E-state index is 0.643. The van der Waals surface area contributed by atoms with Crippen LogP contribution in [-0.4, -0.2) is 23.6 Å². The lowest BCUT2D eigenvalue weighted by atomic mass is 10.1. The number of halogens is 1. The molecule has 0 aliphatic rings. The molecule has 2 aromatic heterocycles. The molecular formula is C15H13ClN2O2. The molecule has 3 aromatic rings. The summed E-state index contributed by atoms with van der Waals surface area (Å²) in [6.45, 7) is 0. The average Bonchev–Trinajstić information content (AvgIpc) is 2.90. The Bertz CT molecular complexity index is 768. The van der Waals surface area contributed by atoms with Gasteiger partial charge in [-0.1, -0.05) is 11.6 Å². The van der Waals surface area contributed by atoms with Gasteiger partial charge in [0.25, 0.3) is 0 Å². The Morgan fingerprint density at radius 2 is 1.90 bits per heavy atom. The maximum absolute atomic E-state index is 6.07. The zero-order valence-corrected chi connectivity index (χ0v) is 11.9. The van der Waals surface area contributed by atoms with Crippen LogP contribution in [0.3, 0.4) is 0 Å². The molecule has 0 spiro atoms. The van der Waals surface area contributed by atoms with E-state index in [9.17, 15) is 0 Å². The summed E-state index contributed by atoms with van der Waals surface area (Å²) in [5.74, 6) is 1.46. The van der Waals surface area contributed by atoms with Crippen LogP contribution < -0.4 is 9.47 Å². The second-order valence-electron chi connectivity index (χ2n) is 4.28. The Morgan fingerprint density at radius 1 is 1.10 bits per heavy atom. The van der Waals surface area contributed by atoms with Gasteiger partial charge in [-0.3, -0.25) is 0 Å². The lowest BCUT2D eigenvalue weighted by Gasteiger charge is -2.05. The highest BCUT2D eigenvalue weighted by molar-refractivity contribution is 6.30. The van der Waals surface area contributed by atoms with Crippen LogP contribution in [0.5, 0.6) is 11.5 Å². The van der Waals surface area contributed by atoms with Crippen molar-refractivity contribution >= 4 is 17.2 Å². The van der Waals surface area contributed by atoms with Crippen molar-refractivity contribution in [3.05, 3.63) is 47.7 Å². The van der Waals surface area contributed by atoms with Gasteiger partial charge in [-0.05, 0) is 30.3 Å². The van der Waals surface area contributed by atoms with Crippen molar-refractivity contribution < 1.29 is 9.47 Å². The summed E-state index contributed by atoms with van der Waals surface area (Å²) in [6, 6.07) is 9.25. The summed E-state index contributed by atoms with van der Waals surface area (Å²) in [7, 11) is 3.26. The highest BCUT2D eigenvalue weighted by Gasteiger charge is 2.12. The van der Waals surface area contributed by atoms with Crippen LogP contribution in [0.25, 0.3) is 16.9 Å². The van der Waals surface area contributed by atoms with Gasteiger partial charge < -0.3 is 13.9 Å². The molecule has 0 bridgehead atoms. The van der Waals surface area contributed by atoms with Crippen molar-refractivity contribution in [2.45, 2.75) is 0 Å². The first-order chi connectivity index (χ1) is 9.72. The molecule has 20 heavy (non-hydrogen) atoms. The molecule has 0 aliphatic carbocycles. The Kier molecular flexibility index (Phi) is 3.24. The van der Waals surface area contributed by atoms with Gasteiger partial charge >= 0.3 is 0 Å². The molecular weight excluding hydrogens is 276 g/mol. The minimum absolute atomic E-state index is 0.643. The molecule has 4 nitrogen and oxygen atoms in total. The van der Waals surface area contributed by atoms with E-state index in [1.165, 1.54) is 0 Å². The molecule has 1 aromatic carbocycles. The normalized spacial score (nSPS) is 10.8. The summed E-state index contributed by atoms with van der Waals surface area (Å²) in [5.41, 5.74) is 2.40. The molecule has 0 N–H and O–H groups in total. The number of methoxy groups -OCH3 is 2. The number of hydrogen-bond donors (Lipinski definition) is 0. The fraction of sp³-hybridized carbons (Fsp3) is 0.133. The van der Waals surface area contributed by atoms with Crippen LogP contribution in [0.2, 0.25) is 5.02 Å². The van der Waals surface area contributed by atoms with Crippen molar-refractivity contribution in [1.82, 2.24) is 9.38 Å². The average molecular weight is 289 g/mol. The molecule has 102 valence electrons. The minimum Gasteiger partial charge on any atom is -0.496 e. The topological polar surface area (TPSA) is 35.8 Å². The highest BCUT2D eigenvalue weighted by Crippen LogP contribution is 2.33. The van der Waals surface area contributed by atoms with Gasteiger partial charge in [-0.2, -0.15) is 0 Å². The van der Waals surface area contributed by atoms with Crippen molar-refractivity contribution in [2.75, 3.05) is 14.2 Å². The summed E-state index contributed by atoms with van der Waals surface area (Å²) in [6.07, 6.45) is 3.84. The van der Waals surface area contributed by atoms with E-state index in [-0.39, 0.29) is 0 Å². The standard InChI is InChI=1S/C15H13ClN2O2/c1-19-13-6-5-10(16)8-11(13)12-9-18-7-3-4-14(20-2)15(18)17-12/h3-9H,1-2H3. The van der Waals surface area contributed by atoms with E-state index in [0.29, 0.717) is 5.02 Å². The molecule has 5 heteroatoms. The third-order valence-electron chi connectivity index (χ3n) is 3.10. The van der Waals surface area contributed by atoms with Crippen molar-refractivity contribution in [3.63, 3.8) is 0 Å². The number of rotatable bonds is 3. The molecule has 0 saturated heterocycles. The predicted octanol–water partition coefficient (Wildman–Crippen LogP) is 3.67. The molecule has 0 unspecified atom stereocenters. The van der Waals surface area contributed by atoms with Gasteiger partial charge in [-0.15, -0.1) is 0 Å². The molecule has 0 saturated carbocycles. The first-order valence-corrected chi connectivity index (χ1v) is 6.46. The Hall–Kier alpha value is -2.20. The molecule has 3 rings (SSSR count). The van der Waals surface area contributed by atoms with E-state index in [4.69, 9.17) is 21.1 Å². The van der Waals surface area contributed by atoms with Crippen molar-refractivity contribution in [3.8, 4) is 22.8 Å². The quantitative estimate of drug-likeness (QED) is 0.738. The van der Waals surface area contributed by atoms with E-state index in [1.807, 2.05) is 41.1 Å². The molecule has 0 radical (unpaired) electrons. The van der Waals surface area contributed by atoms with Gasteiger partial charge in [0.2, 0.25) is 0 Å². The number of aromatic nitrogens is 2. The first-order valence-electron chi connectivity index (χ1n) is 6.08. The monoisotopic (exact) mass is 288 g/mol. The number of pyridine rings is 1. The van der Waals surface area contributed by atoms with E-state index in [1.54, 1.807) is 20.3 Å². The maximum atomic E-state index is 6.07. The van der Waals surface area contributed by atoms with Crippen LogP contribution >= 0.6 is 11.6 Å². The SMILES string of the molecule is COc1ccc(Cl)cc1-c1cn2cccc(OC)c2n1. The predicted molar refractivity (Wildman–Crippen MR) is 78.7 cm³/mol. The third-order valence-corrected chi connectivity index (χ3v) is 3.34. The first kappa shape index (κ1) is 12.8. The summed E-state index contributed by atoms with van der Waals surface area (Å²) in [4.78, 5) is 4.60. The van der Waals surface area contributed by atoms with E-state index in [0.717, 1.165) is 28.4 Å². The third kappa shape index (κ3) is 2.08. The summed E-state index contributed by atoms with van der Waals surface area (Å²) >= 11 is 6.07. The molecule has 0 aliphatic heterocycles. The fourth-order valence-corrected chi connectivity index (χ4v) is 2.33. The highest BCUT2D eigenvalue weighted by atomic mass is 35.5. The number of fused-ring (bicyclic) bond motifs is 1. The van der Waals surface area contributed by atoms with Crippen LogP contribution in [0.15, 0.2) is 42.7 Å². The van der Waals surface area contributed by atoms with Crippen molar-refractivity contribution in [2.24, 2.45) is 0 Å². The molecule has 0 atom stereocenters. The number of imidazole rings is 1. The van der Waals surface area contributed by atoms with Gasteiger partial charge in [0.15, 0.2) is 11.4 Å². The van der Waals surface area contributed by atoms with Crippen molar-refractivity contribution in [1.29, 1.82) is 0 Å². The van der Waals surface area contributed by atoms with E-state index >= 15 is 0 Å². The van der Waals surface area contributed by atoms with Gasteiger partial charge in [0.05, 0.1) is 19.9 Å². The maximum Gasteiger partial charge on any atom is 0.180 e. The van der Waals surface area contributed by atoms with Crippen LogP contribution in [0, 0.1) is 0 Å². The smallest absolute Gasteiger partial charge is 0.180 e. The number of nitrogens with zero attached hydrogens (tertiary/aromatic N) is 2. The largest absolute Gasteiger partial charge is 0.496 e. The molecule has 0 fully saturated rings. The summed E-state index contributed by atoms with van der Waals surface area (Å²) < 4.78 is 12.6. The zero-order chi connectivity index (χ0) is 14.1. The van der Waals surface area contributed by atoms with Crippen LogP contribution in [0.4, 0.5) is 0 Å². The second kappa shape index (κ2) is 5.06. The molecule has 2 heterocycles. The number of ether oxygens (including phenoxy) is 2. The lowest BCUT2D eigenvalue weighted by molar-refractivity contribution is 0.416. The zero-order valence-electron chi connectivity index (χ0n) is 11.1. The molecule has 0 amide bonds. The number of hydrogen-bond acceptors (Lipinski definition) is 3. The van der Waals surface area contributed by atoms with E-state index in [2.05, 4.69) is 4.98 Å². The Labute approximate surface area is 121 Å². The second-order valence-corrected chi connectivity index (χ2v) is 4.71. The fourth-order valence-electron chi connectivity index (χ4n) is 2.16. The van der Waals surface area contributed by atoms with E-state index < -0.39 is 0 Å². The van der Waals surface area contributed by atoms with Crippen LogP contribution in [-0.2, 0) is 0 Å². The summed E-state index contributed by atoms with van der Waals surface area (Å²) in [5, 5.41) is 0.643.